The molecule has 7 heteroatoms. The van der Waals surface area contributed by atoms with Crippen LogP contribution >= 0.6 is 12.2 Å². The van der Waals surface area contributed by atoms with Crippen molar-refractivity contribution in [1.29, 1.82) is 0 Å². The number of nitrogens with zero attached hydrogens (tertiary/aromatic N) is 1. The third-order valence-electron chi connectivity index (χ3n) is 4.53. The highest BCUT2D eigenvalue weighted by Crippen LogP contribution is 2.31. The molecule has 0 spiro atoms. The van der Waals surface area contributed by atoms with E-state index in [2.05, 4.69) is 12.2 Å². The molecule has 2 amide bonds. The van der Waals surface area contributed by atoms with Crippen molar-refractivity contribution in [3.05, 3.63) is 59.7 Å². The molecule has 0 aliphatic carbocycles. The number of carbonyl (C=O) groups excluding carboxylic acids is 2. The molecule has 6 nitrogen and oxygen atoms in total. The molecule has 1 fully saturated rings. The molecule has 1 N–H and O–H groups in total. The lowest BCUT2D eigenvalue weighted by molar-refractivity contribution is -0.122. The molecule has 1 aliphatic heterocycles. The maximum atomic E-state index is 13.1. The minimum absolute atomic E-state index is 0.0129. The summed E-state index contributed by atoms with van der Waals surface area (Å²) in [5.74, 6) is 0.164. The smallest absolute Gasteiger partial charge is 0.270 e. The Morgan fingerprint density at radius 2 is 1.83 bits per heavy atom. The van der Waals surface area contributed by atoms with Crippen LogP contribution in [0.25, 0.3) is 6.08 Å². The lowest BCUT2D eigenvalue weighted by atomic mass is 10.1. The number of thiocarbonyl (C=S) groups is 1. The van der Waals surface area contributed by atoms with E-state index in [1.165, 1.54) is 18.1 Å². The molecular weight excluding hydrogens is 388 g/mol. The van der Waals surface area contributed by atoms with Crippen molar-refractivity contribution in [2.45, 2.75) is 26.4 Å². The highest BCUT2D eigenvalue weighted by molar-refractivity contribution is 7.80. The van der Waals surface area contributed by atoms with Crippen LogP contribution in [0.2, 0.25) is 0 Å². The fraction of sp³-hybridized carbons (Fsp3) is 0.227. The van der Waals surface area contributed by atoms with Gasteiger partial charge in [0.25, 0.3) is 11.8 Å². The third kappa shape index (κ3) is 4.46. The monoisotopic (exact) mass is 410 g/mol. The standard InChI is InChI=1S/C22H22N2O4S/c1-4-14(2)28-16-11-9-15(10-12-16)13-17-20(25)23-22(29)24(21(17)26)18-7-5-6-8-19(18)27-3/h5-14H,4H2,1-3H3,(H,23,25,29)/b17-13+/t14-/m1/s1. The fourth-order valence-corrected chi connectivity index (χ4v) is 3.09. The molecule has 0 radical (unpaired) electrons. The number of carbonyl (C=O) groups is 2. The van der Waals surface area contributed by atoms with Crippen LogP contribution in [0.1, 0.15) is 25.8 Å². The molecule has 1 saturated heterocycles. The van der Waals surface area contributed by atoms with Crippen molar-refractivity contribution in [1.82, 2.24) is 5.32 Å². The second-order valence-electron chi connectivity index (χ2n) is 6.54. The van der Waals surface area contributed by atoms with Gasteiger partial charge in [0.15, 0.2) is 5.11 Å². The van der Waals surface area contributed by atoms with Gasteiger partial charge in [-0.3, -0.25) is 14.9 Å². The summed E-state index contributed by atoms with van der Waals surface area (Å²) >= 11 is 5.23. The van der Waals surface area contributed by atoms with Crippen molar-refractivity contribution in [2.24, 2.45) is 0 Å². The average molecular weight is 410 g/mol. The van der Waals surface area contributed by atoms with Crippen molar-refractivity contribution >= 4 is 40.9 Å². The SMILES string of the molecule is CC[C@@H](C)Oc1ccc(/C=C2\C(=O)NC(=S)N(c3ccccc3OC)C2=O)cc1. The Balaban J connectivity index is 1.91. The molecule has 3 rings (SSSR count). The molecule has 0 bridgehead atoms. The lowest BCUT2D eigenvalue weighted by Gasteiger charge is -2.29. The van der Waals surface area contributed by atoms with Crippen LogP contribution in [0.3, 0.4) is 0 Å². The normalized spacial score (nSPS) is 16.6. The van der Waals surface area contributed by atoms with E-state index in [9.17, 15) is 9.59 Å². The van der Waals surface area contributed by atoms with Crippen LogP contribution in [0, 0.1) is 0 Å². The van der Waals surface area contributed by atoms with Gasteiger partial charge in [-0.05, 0) is 61.5 Å². The van der Waals surface area contributed by atoms with Crippen LogP contribution < -0.4 is 19.7 Å². The summed E-state index contributed by atoms with van der Waals surface area (Å²) in [6, 6.07) is 14.2. The first-order valence-electron chi connectivity index (χ1n) is 9.25. The fourth-order valence-electron chi connectivity index (χ4n) is 2.82. The Kier molecular flexibility index (Phi) is 6.29. The second kappa shape index (κ2) is 8.87. The predicted octanol–water partition coefficient (Wildman–Crippen LogP) is 3.70. The van der Waals surface area contributed by atoms with E-state index in [4.69, 9.17) is 21.7 Å². The Bertz CT molecular complexity index is 969. The minimum atomic E-state index is -0.536. The number of amides is 2. The summed E-state index contributed by atoms with van der Waals surface area (Å²) in [5.41, 5.74) is 1.15. The average Bonchev–Trinajstić information content (AvgIpc) is 2.72. The van der Waals surface area contributed by atoms with Gasteiger partial charge in [-0.2, -0.15) is 0 Å². The van der Waals surface area contributed by atoms with E-state index >= 15 is 0 Å². The first kappa shape index (κ1) is 20.5. The summed E-state index contributed by atoms with van der Waals surface area (Å²) in [6.07, 6.45) is 2.55. The first-order chi connectivity index (χ1) is 13.9. The Morgan fingerprint density at radius 1 is 1.14 bits per heavy atom. The molecule has 1 atom stereocenters. The van der Waals surface area contributed by atoms with Gasteiger partial charge in [-0.25, -0.2) is 4.90 Å². The van der Waals surface area contributed by atoms with E-state index in [0.29, 0.717) is 17.0 Å². The maximum absolute atomic E-state index is 13.1. The summed E-state index contributed by atoms with van der Waals surface area (Å²) in [4.78, 5) is 26.8. The van der Waals surface area contributed by atoms with Crippen LogP contribution in [-0.4, -0.2) is 30.1 Å². The molecular formula is C22H22N2O4S. The largest absolute Gasteiger partial charge is 0.495 e. The molecule has 2 aromatic rings. The molecule has 29 heavy (non-hydrogen) atoms. The van der Waals surface area contributed by atoms with E-state index in [-0.39, 0.29) is 16.8 Å². The van der Waals surface area contributed by atoms with Gasteiger partial charge < -0.3 is 9.47 Å². The number of hydrogen-bond acceptors (Lipinski definition) is 5. The topological polar surface area (TPSA) is 67.9 Å². The van der Waals surface area contributed by atoms with Crippen LogP contribution in [0.4, 0.5) is 5.69 Å². The highest BCUT2D eigenvalue weighted by atomic mass is 32.1. The van der Waals surface area contributed by atoms with E-state index in [0.717, 1.165) is 12.2 Å². The van der Waals surface area contributed by atoms with Crippen molar-refractivity contribution in [3.8, 4) is 11.5 Å². The molecule has 0 aromatic heterocycles. The lowest BCUT2D eigenvalue weighted by Crippen LogP contribution is -2.54. The van der Waals surface area contributed by atoms with E-state index in [1.807, 2.05) is 19.1 Å². The predicted molar refractivity (Wildman–Crippen MR) is 116 cm³/mol. The quantitative estimate of drug-likeness (QED) is 0.447. The summed E-state index contributed by atoms with van der Waals surface area (Å²) < 4.78 is 11.1. The summed E-state index contributed by atoms with van der Waals surface area (Å²) in [6.45, 7) is 4.05. The number of benzene rings is 2. The zero-order valence-corrected chi connectivity index (χ0v) is 17.3. The van der Waals surface area contributed by atoms with Crippen LogP contribution in [-0.2, 0) is 9.59 Å². The zero-order chi connectivity index (χ0) is 21.0. The molecule has 150 valence electrons. The Morgan fingerprint density at radius 3 is 2.48 bits per heavy atom. The number of nitrogens with one attached hydrogen (secondary N) is 1. The summed E-state index contributed by atoms with van der Waals surface area (Å²) in [5, 5.41) is 2.59. The van der Waals surface area contributed by atoms with E-state index in [1.54, 1.807) is 36.4 Å². The van der Waals surface area contributed by atoms with Gasteiger partial charge in [0.1, 0.15) is 17.1 Å². The number of para-hydroxylation sites is 2. The van der Waals surface area contributed by atoms with Crippen molar-refractivity contribution in [2.75, 3.05) is 12.0 Å². The maximum Gasteiger partial charge on any atom is 0.270 e. The summed E-state index contributed by atoms with van der Waals surface area (Å²) in [7, 11) is 1.51. The number of hydrogen-bond donors (Lipinski definition) is 1. The molecule has 2 aromatic carbocycles. The minimum Gasteiger partial charge on any atom is -0.495 e. The third-order valence-corrected chi connectivity index (χ3v) is 4.82. The molecule has 1 heterocycles. The van der Waals surface area contributed by atoms with Crippen molar-refractivity contribution < 1.29 is 19.1 Å². The number of ether oxygens (including phenoxy) is 2. The second-order valence-corrected chi connectivity index (χ2v) is 6.92. The van der Waals surface area contributed by atoms with Gasteiger partial charge in [-0.15, -0.1) is 0 Å². The molecule has 0 unspecified atom stereocenters. The van der Waals surface area contributed by atoms with Gasteiger partial charge >= 0.3 is 0 Å². The van der Waals surface area contributed by atoms with E-state index < -0.39 is 11.8 Å². The zero-order valence-electron chi connectivity index (χ0n) is 16.5. The number of anilines is 1. The van der Waals surface area contributed by atoms with Crippen LogP contribution in [0.5, 0.6) is 11.5 Å². The first-order valence-corrected chi connectivity index (χ1v) is 9.66. The van der Waals surface area contributed by atoms with Gasteiger partial charge in [0.2, 0.25) is 0 Å². The molecule has 0 saturated carbocycles. The number of rotatable bonds is 6. The van der Waals surface area contributed by atoms with Gasteiger partial charge in [-0.1, -0.05) is 31.2 Å². The van der Waals surface area contributed by atoms with Gasteiger partial charge in [0.05, 0.1) is 18.9 Å². The Labute approximate surface area is 175 Å². The van der Waals surface area contributed by atoms with Crippen molar-refractivity contribution in [3.63, 3.8) is 0 Å². The Hall–Kier alpha value is -3.19. The van der Waals surface area contributed by atoms with Gasteiger partial charge in [0, 0.05) is 0 Å². The number of methoxy groups -OCH3 is 1. The highest BCUT2D eigenvalue weighted by Gasteiger charge is 2.35. The molecule has 1 aliphatic rings. The van der Waals surface area contributed by atoms with Crippen LogP contribution in [0.15, 0.2) is 54.1 Å².